The zero-order valence-corrected chi connectivity index (χ0v) is 13.0. The number of carbonyl (C=O) groups is 1. The van der Waals surface area contributed by atoms with Crippen LogP contribution in [-0.2, 0) is 11.2 Å². The van der Waals surface area contributed by atoms with E-state index in [2.05, 4.69) is 20.3 Å². The average Bonchev–Trinajstić information content (AvgIpc) is 3.04. The average molecular weight is 316 g/mol. The number of hydrogen-bond acceptors (Lipinski definition) is 6. The maximum Gasteiger partial charge on any atom is 0.307 e. The minimum Gasteiger partial charge on any atom is -0.481 e. The number of nitrogens with one attached hydrogen (secondary N) is 1. The Morgan fingerprint density at radius 1 is 1.22 bits per heavy atom. The Balaban J connectivity index is 1.61. The Morgan fingerprint density at radius 2 is 1.87 bits per heavy atom. The molecule has 2 heterocycles. The molecule has 2 N–H and O–H groups in total. The summed E-state index contributed by atoms with van der Waals surface area (Å²) < 4.78 is 5.33. The number of nitrogens with zero attached hydrogens (tertiary/aromatic N) is 3. The highest BCUT2D eigenvalue weighted by molar-refractivity contribution is 5.70. The third-order valence-corrected chi connectivity index (χ3v) is 4.04. The van der Waals surface area contributed by atoms with Crippen LogP contribution in [-0.4, -0.2) is 49.5 Å². The number of hydrogen-bond donors (Lipinski definition) is 2. The predicted octanol–water partition coefficient (Wildman–Crippen LogP) is 1.67. The third kappa shape index (κ3) is 3.39. The van der Waals surface area contributed by atoms with Crippen LogP contribution in [0.5, 0.6) is 0 Å². The maximum absolute atomic E-state index is 10.7. The Bertz CT molecular complexity index is 660. The van der Waals surface area contributed by atoms with Crippen molar-refractivity contribution in [3.63, 3.8) is 0 Å². The maximum atomic E-state index is 10.7. The van der Waals surface area contributed by atoms with Gasteiger partial charge in [0.15, 0.2) is 0 Å². The Hall–Kier alpha value is -2.70. The van der Waals surface area contributed by atoms with E-state index in [1.807, 2.05) is 31.3 Å². The van der Waals surface area contributed by atoms with Crippen LogP contribution in [0.2, 0.25) is 0 Å². The van der Waals surface area contributed by atoms with Crippen LogP contribution < -0.4 is 15.1 Å². The van der Waals surface area contributed by atoms with Gasteiger partial charge in [-0.2, -0.15) is 0 Å². The van der Waals surface area contributed by atoms with Crippen molar-refractivity contribution in [2.24, 2.45) is 0 Å². The molecule has 7 heteroatoms. The summed E-state index contributed by atoms with van der Waals surface area (Å²) in [5.41, 5.74) is 2.84. The molecule has 0 saturated carbocycles. The zero-order valence-electron chi connectivity index (χ0n) is 13.0. The molecule has 23 heavy (non-hydrogen) atoms. The quantitative estimate of drug-likeness (QED) is 0.868. The molecule has 1 fully saturated rings. The summed E-state index contributed by atoms with van der Waals surface area (Å²) in [6.45, 7) is 3.45. The van der Waals surface area contributed by atoms with E-state index in [9.17, 15) is 4.79 Å². The van der Waals surface area contributed by atoms with E-state index in [4.69, 9.17) is 9.63 Å². The first kappa shape index (κ1) is 15.2. The number of carboxylic acid groups (broad SMARTS) is 1. The fourth-order valence-electron chi connectivity index (χ4n) is 2.80. The lowest BCUT2D eigenvalue weighted by molar-refractivity contribution is -0.136. The lowest BCUT2D eigenvalue weighted by atomic mass is 10.1. The second-order valence-electron chi connectivity index (χ2n) is 5.51. The highest BCUT2D eigenvalue weighted by Crippen LogP contribution is 2.27. The Kier molecular flexibility index (Phi) is 4.36. The van der Waals surface area contributed by atoms with Crippen LogP contribution in [0, 0.1) is 0 Å². The number of benzene rings is 1. The molecule has 0 radical (unpaired) electrons. The highest BCUT2D eigenvalue weighted by Gasteiger charge is 2.22. The molecule has 0 spiro atoms. The van der Waals surface area contributed by atoms with Crippen molar-refractivity contribution in [2.45, 2.75) is 6.42 Å². The van der Waals surface area contributed by atoms with Crippen LogP contribution in [0.4, 0.5) is 17.3 Å². The Morgan fingerprint density at radius 3 is 2.48 bits per heavy atom. The van der Waals surface area contributed by atoms with Gasteiger partial charge in [-0.25, -0.2) is 0 Å². The summed E-state index contributed by atoms with van der Waals surface area (Å²) in [5, 5.41) is 15.7. The molecular formula is C16H20N4O3. The minimum absolute atomic E-state index is 0.0619. The molecule has 122 valence electrons. The van der Waals surface area contributed by atoms with Crippen molar-refractivity contribution in [2.75, 3.05) is 48.3 Å². The van der Waals surface area contributed by atoms with Crippen LogP contribution in [0.25, 0.3) is 0 Å². The first-order chi connectivity index (χ1) is 11.2. The molecule has 0 unspecified atom stereocenters. The molecule has 0 bridgehead atoms. The SMILES string of the molecule is CNc1cnoc1N1CCN(c2ccc(CC(=O)O)cc2)CC1. The molecule has 2 aromatic rings. The van der Waals surface area contributed by atoms with E-state index >= 15 is 0 Å². The van der Waals surface area contributed by atoms with Gasteiger partial charge in [-0.15, -0.1) is 0 Å². The van der Waals surface area contributed by atoms with E-state index in [1.54, 1.807) is 6.20 Å². The van der Waals surface area contributed by atoms with Crippen LogP contribution in [0.15, 0.2) is 35.0 Å². The monoisotopic (exact) mass is 316 g/mol. The van der Waals surface area contributed by atoms with E-state index in [0.717, 1.165) is 49.0 Å². The van der Waals surface area contributed by atoms with Gasteiger partial charge >= 0.3 is 5.97 Å². The number of anilines is 3. The van der Waals surface area contributed by atoms with E-state index in [-0.39, 0.29) is 6.42 Å². The van der Waals surface area contributed by atoms with Crippen LogP contribution >= 0.6 is 0 Å². The number of piperazine rings is 1. The fourth-order valence-corrected chi connectivity index (χ4v) is 2.80. The molecule has 3 rings (SSSR count). The van der Waals surface area contributed by atoms with Crippen molar-refractivity contribution in [1.29, 1.82) is 0 Å². The van der Waals surface area contributed by atoms with Gasteiger partial charge in [0, 0.05) is 38.9 Å². The molecule has 1 aromatic heterocycles. The summed E-state index contributed by atoms with van der Waals surface area (Å²) in [6.07, 6.45) is 1.75. The first-order valence-electron chi connectivity index (χ1n) is 7.60. The van der Waals surface area contributed by atoms with Gasteiger partial charge in [0.25, 0.3) is 5.88 Å². The number of carboxylic acids is 1. The molecule has 7 nitrogen and oxygen atoms in total. The first-order valence-corrected chi connectivity index (χ1v) is 7.60. The number of aliphatic carboxylic acids is 1. The largest absolute Gasteiger partial charge is 0.481 e. The molecule has 1 saturated heterocycles. The highest BCUT2D eigenvalue weighted by atomic mass is 16.5. The van der Waals surface area contributed by atoms with Crippen molar-refractivity contribution in [1.82, 2.24) is 5.16 Å². The van der Waals surface area contributed by atoms with Gasteiger partial charge in [-0.1, -0.05) is 17.3 Å². The normalized spacial score (nSPS) is 14.8. The van der Waals surface area contributed by atoms with E-state index < -0.39 is 5.97 Å². The lowest BCUT2D eigenvalue weighted by Gasteiger charge is -2.36. The second-order valence-corrected chi connectivity index (χ2v) is 5.51. The molecule has 1 aliphatic rings. The summed E-state index contributed by atoms with van der Waals surface area (Å²) in [7, 11) is 1.85. The number of aromatic nitrogens is 1. The lowest BCUT2D eigenvalue weighted by Crippen LogP contribution is -2.46. The van der Waals surface area contributed by atoms with E-state index in [1.165, 1.54) is 0 Å². The zero-order chi connectivity index (χ0) is 16.2. The third-order valence-electron chi connectivity index (χ3n) is 4.04. The molecule has 1 aliphatic heterocycles. The summed E-state index contributed by atoms with van der Waals surface area (Å²) in [6, 6.07) is 7.74. The second kappa shape index (κ2) is 6.60. The van der Waals surface area contributed by atoms with Gasteiger partial charge in [0.05, 0.1) is 12.6 Å². The van der Waals surface area contributed by atoms with Crippen LogP contribution in [0.1, 0.15) is 5.56 Å². The smallest absolute Gasteiger partial charge is 0.307 e. The topological polar surface area (TPSA) is 81.8 Å². The molecular weight excluding hydrogens is 296 g/mol. The standard InChI is InChI=1S/C16H20N4O3/c1-17-14-11-18-23-16(14)20-8-6-19(7-9-20)13-4-2-12(3-5-13)10-15(21)22/h2-5,11,17H,6-10H2,1H3,(H,21,22). The number of rotatable bonds is 5. The van der Waals surface area contributed by atoms with Gasteiger partial charge < -0.3 is 24.7 Å². The minimum atomic E-state index is -0.807. The van der Waals surface area contributed by atoms with Gasteiger partial charge in [0.2, 0.25) is 0 Å². The summed E-state index contributed by atoms with van der Waals surface area (Å²) in [5.74, 6) is -0.0253. The molecule has 0 amide bonds. The summed E-state index contributed by atoms with van der Waals surface area (Å²) >= 11 is 0. The van der Waals surface area contributed by atoms with Crippen molar-refractivity contribution >= 4 is 23.2 Å². The fraction of sp³-hybridized carbons (Fsp3) is 0.375. The van der Waals surface area contributed by atoms with Crippen molar-refractivity contribution in [3.05, 3.63) is 36.0 Å². The molecule has 1 aromatic carbocycles. The van der Waals surface area contributed by atoms with Crippen LogP contribution in [0.3, 0.4) is 0 Å². The van der Waals surface area contributed by atoms with Gasteiger partial charge in [0.1, 0.15) is 5.69 Å². The van der Waals surface area contributed by atoms with Crippen molar-refractivity contribution < 1.29 is 14.4 Å². The van der Waals surface area contributed by atoms with Gasteiger partial charge in [-0.3, -0.25) is 4.79 Å². The van der Waals surface area contributed by atoms with Gasteiger partial charge in [-0.05, 0) is 17.7 Å². The van der Waals surface area contributed by atoms with E-state index in [0.29, 0.717) is 0 Å². The Labute approximate surface area is 134 Å². The molecule has 0 aliphatic carbocycles. The predicted molar refractivity (Wildman–Crippen MR) is 88.3 cm³/mol. The van der Waals surface area contributed by atoms with Crippen molar-refractivity contribution in [3.8, 4) is 0 Å². The molecule has 0 atom stereocenters. The summed E-state index contributed by atoms with van der Waals surface area (Å²) in [4.78, 5) is 15.2.